The van der Waals surface area contributed by atoms with E-state index in [1.807, 2.05) is 25.1 Å². The molecule has 1 aliphatic heterocycles. The summed E-state index contributed by atoms with van der Waals surface area (Å²) < 4.78 is 17.0. The normalized spacial score (nSPS) is 15.4. The van der Waals surface area contributed by atoms with Crippen LogP contribution in [0.2, 0.25) is 0 Å². The summed E-state index contributed by atoms with van der Waals surface area (Å²) in [6.45, 7) is 2.81. The van der Waals surface area contributed by atoms with Crippen LogP contribution < -0.4 is 5.32 Å². The summed E-state index contributed by atoms with van der Waals surface area (Å²) in [7, 11) is 1.76. The van der Waals surface area contributed by atoms with Crippen molar-refractivity contribution in [3.05, 3.63) is 83.3 Å². The molecule has 0 fully saturated rings. The number of benzene rings is 2. The monoisotopic (exact) mass is 430 g/mol. The number of hydrogen-bond donors (Lipinski definition) is 1. The number of carbonyl (C=O) groups is 1. The van der Waals surface area contributed by atoms with Gasteiger partial charge in [0.1, 0.15) is 17.5 Å². The molecule has 0 spiro atoms. The maximum atomic E-state index is 13.2. The molecule has 8 heteroatoms. The van der Waals surface area contributed by atoms with E-state index in [4.69, 9.17) is 0 Å². The number of fused-ring (bicyclic) bond motifs is 1. The first kappa shape index (κ1) is 20.1. The van der Waals surface area contributed by atoms with E-state index in [2.05, 4.69) is 31.2 Å². The molecule has 0 bridgehead atoms. The number of aromatic nitrogens is 5. The summed E-state index contributed by atoms with van der Waals surface area (Å²) >= 11 is 0. The number of halogens is 1. The molecule has 0 aliphatic carbocycles. The quantitative estimate of drug-likeness (QED) is 0.529. The molecule has 2 aromatic heterocycles. The second kappa shape index (κ2) is 8.03. The Labute approximate surface area is 184 Å². The van der Waals surface area contributed by atoms with Crippen molar-refractivity contribution in [3.8, 4) is 11.3 Å². The van der Waals surface area contributed by atoms with Crippen LogP contribution in [0.1, 0.15) is 40.0 Å². The Hall–Kier alpha value is -3.81. The fraction of sp³-hybridized carbons (Fsp3) is 0.250. The van der Waals surface area contributed by atoms with Gasteiger partial charge < -0.3 is 9.88 Å². The largest absolute Gasteiger partial charge is 0.321 e. The van der Waals surface area contributed by atoms with Crippen LogP contribution in [-0.2, 0) is 20.0 Å². The molecule has 0 radical (unpaired) electrons. The summed E-state index contributed by atoms with van der Waals surface area (Å²) in [5.74, 6) is 1.72. The first-order chi connectivity index (χ1) is 15.5. The van der Waals surface area contributed by atoms with Crippen molar-refractivity contribution < 1.29 is 9.18 Å². The standard InChI is InChI=1S/C24H23FN6O/c1-15-27-28-23-11-8-18(14-31(15)23)17-4-3-5-20(12-17)26-24(32)21-13-22(30(2)29-21)16-6-9-19(25)10-7-16/h3-7,9-10,12-13,18H,8,11,14H2,1-2H3,(H,26,32)/t18-/m0/s1. The van der Waals surface area contributed by atoms with Crippen LogP contribution in [0.5, 0.6) is 0 Å². The maximum absolute atomic E-state index is 13.2. The summed E-state index contributed by atoms with van der Waals surface area (Å²) in [4.78, 5) is 12.9. The molecule has 32 heavy (non-hydrogen) atoms. The van der Waals surface area contributed by atoms with Gasteiger partial charge in [-0.2, -0.15) is 5.10 Å². The van der Waals surface area contributed by atoms with E-state index < -0.39 is 0 Å². The zero-order chi connectivity index (χ0) is 22.2. The Balaban J connectivity index is 1.33. The van der Waals surface area contributed by atoms with Gasteiger partial charge in [-0.1, -0.05) is 12.1 Å². The predicted molar refractivity (Wildman–Crippen MR) is 119 cm³/mol. The third-order valence-electron chi connectivity index (χ3n) is 6.00. The summed E-state index contributed by atoms with van der Waals surface area (Å²) in [6.07, 6.45) is 1.89. The first-order valence-corrected chi connectivity index (χ1v) is 10.6. The Kier molecular flexibility index (Phi) is 5.05. The highest BCUT2D eigenvalue weighted by Crippen LogP contribution is 2.30. The average Bonchev–Trinajstić information content (AvgIpc) is 3.37. The number of amides is 1. The maximum Gasteiger partial charge on any atom is 0.276 e. The average molecular weight is 430 g/mol. The number of anilines is 1. The van der Waals surface area contributed by atoms with Gasteiger partial charge in [-0.3, -0.25) is 9.48 Å². The van der Waals surface area contributed by atoms with Crippen molar-refractivity contribution in [2.24, 2.45) is 7.05 Å². The summed E-state index contributed by atoms with van der Waals surface area (Å²) in [5, 5.41) is 15.7. The zero-order valence-corrected chi connectivity index (χ0v) is 17.9. The second-order valence-corrected chi connectivity index (χ2v) is 8.13. The Morgan fingerprint density at radius 1 is 1.12 bits per heavy atom. The van der Waals surface area contributed by atoms with Crippen molar-refractivity contribution in [3.63, 3.8) is 0 Å². The molecule has 2 aromatic carbocycles. The molecule has 162 valence electrons. The van der Waals surface area contributed by atoms with E-state index in [1.165, 1.54) is 17.7 Å². The topological polar surface area (TPSA) is 77.6 Å². The van der Waals surface area contributed by atoms with E-state index in [-0.39, 0.29) is 11.7 Å². The minimum atomic E-state index is -0.303. The van der Waals surface area contributed by atoms with Crippen LogP contribution in [0, 0.1) is 12.7 Å². The summed E-state index contributed by atoms with van der Waals surface area (Å²) in [5.41, 5.74) is 3.75. The van der Waals surface area contributed by atoms with Gasteiger partial charge in [-0.15, -0.1) is 10.2 Å². The van der Waals surface area contributed by atoms with Gasteiger partial charge in [0.25, 0.3) is 5.91 Å². The first-order valence-electron chi connectivity index (χ1n) is 10.6. The molecule has 7 nitrogen and oxygen atoms in total. The SMILES string of the molecule is Cc1nnc2n1C[C@@H](c1cccc(NC(=O)c3cc(-c4ccc(F)cc4)n(C)n3)c1)CC2. The van der Waals surface area contributed by atoms with E-state index >= 15 is 0 Å². The fourth-order valence-electron chi connectivity index (χ4n) is 4.27. The molecule has 0 saturated carbocycles. The Morgan fingerprint density at radius 2 is 1.94 bits per heavy atom. The van der Waals surface area contributed by atoms with Gasteiger partial charge in [-0.25, -0.2) is 4.39 Å². The molecule has 0 saturated heterocycles. The van der Waals surface area contributed by atoms with Gasteiger partial charge >= 0.3 is 0 Å². The molecule has 1 atom stereocenters. The van der Waals surface area contributed by atoms with Crippen molar-refractivity contribution >= 4 is 11.6 Å². The van der Waals surface area contributed by atoms with Gasteiger partial charge in [-0.05, 0) is 66.9 Å². The molecule has 0 unspecified atom stereocenters. The predicted octanol–water partition coefficient (Wildman–Crippen LogP) is 4.11. The van der Waals surface area contributed by atoms with E-state index in [1.54, 1.807) is 29.9 Å². The fourth-order valence-corrected chi connectivity index (χ4v) is 4.27. The molecule has 1 amide bonds. The van der Waals surface area contributed by atoms with E-state index in [0.717, 1.165) is 48.0 Å². The lowest BCUT2D eigenvalue weighted by atomic mass is 9.91. The lowest BCUT2D eigenvalue weighted by Gasteiger charge is -2.24. The number of hydrogen-bond acceptors (Lipinski definition) is 4. The number of carbonyl (C=O) groups excluding carboxylic acids is 1. The number of rotatable bonds is 4. The smallest absolute Gasteiger partial charge is 0.276 e. The van der Waals surface area contributed by atoms with Crippen LogP contribution in [0.15, 0.2) is 54.6 Å². The number of nitrogens with one attached hydrogen (secondary N) is 1. The molecule has 1 aliphatic rings. The molecule has 1 N–H and O–H groups in total. The number of aryl methyl sites for hydroxylation is 3. The van der Waals surface area contributed by atoms with Crippen LogP contribution in [-0.4, -0.2) is 30.5 Å². The highest BCUT2D eigenvalue weighted by Gasteiger charge is 2.23. The molecular formula is C24H23FN6O. The third-order valence-corrected chi connectivity index (χ3v) is 6.00. The van der Waals surface area contributed by atoms with Gasteiger partial charge in [0.2, 0.25) is 0 Å². The number of nitrogens with zero attached hydrogens (tertiary/aromatic N) is 5. The van der Waals surface area contributed by atoms with Crippen molar-refractivity contribution in [1.82, 2.24) is 24.5 Å². The molecule has 5 rings (SSSR count). The Bertz CT molecular complexity index is 1290. The lowest BCUT2D eigenvalue weighted by Crippen LogP contribution is -2.20. The highest BCUT2D eigenvalue weighted by molar-refractivity contribution is 6.03. The summed E-state index contributed by atoms with van der Waals surface area (Å²) in [6, 6.07) is 15.8. The minimum Gasteiger partial charge on any atom is -0.321 e. The minimum absolute atomic E-state index is 0.285. The van der Waals surface area contributed by atoms with Crippen molar-refractivity contribution in [2.75, 3.05) is 5.32 Å². The molecule has 4 aromatic rings. The second-order valence-electron chi connectivity index (χ2n) is 8.13. The van der Waals surface area contributed by atoms with E-state index in [9.17, 15) is 9.18 Å². The van der Waals surface area contributed by atoms with Crippen molar-refractivity contribution in [2.45, 2.75) is 32.2 Å². The Morgan fingerprint density at radius 3 is 2.75 bits per heavy atom. The van der Waals surface area contributed by atoms with Crippen LogP contribution in [0.3, 0.4) is 0 Å². The van der Waals surface area contributed by atoms with Crippen molar-refractivity contribution in [1.29, 1.82) is 0 Å². The van der Waals surface area contributed by atoms with Gasteiger partial charge in [0.15, 0.2) is 5.69 Å². The van der Waals surface area contributed by atoms with Gasteiger partial charge in [0, 0.05) is 31.6 Å². The zero-order valence-electron chi connectivity index (χ0n) is 17.9. The highest BCUT2D eigenvalue weighted by atomic mass is 19.1. The molecular weight excluding hydrogens is 407 g/mol. The molecule has 3 heterocycles. The van der Waals surface area contributed by atoms with Gasteiger partial charge in [0.05, 0.1) is 5.69 Å². The van der Waals surface area contributed by atoms with Crippen LogP contribution in [0.4, 0.5) is 10.1 Å². The van der Waals surface area contributed by atoms with E-state index in [0.29, 0.717) is 11.6 Å². The third kappa shape index (κ3) is 3.79. The van der Waals surface area contributed by atoms with Crippen LogP contribution in [0.25, 0.3) is 11.3 Å². The van der Waals surface area contributed by atoms with Crippen LogP contribution >= 0.6 is 0 Å². The lowest BCUT2D eigenvalue weighted by molar-refractivity contribution is 0.102.